The average molecular weight is 275 g/mol. The largest absolute Gasteiger partial charge is 0.457 e. The standard InChI is InChI=1S/C13H13N3O4/c1-8-9(7-17)5-10(20-8)12(18)13(19)15-6-11-14-3-4-16(11)2/h3-5,7H,6H2,1-2H3,(H,15,19). The highest BCUT2D eigenvalue weighted by atomic mass is 16.3. The predicted molar refractivity (Wildman–Crippen MR) is 68.2 cm³/mol. The molecular formula is C13H13N3O4. The molecule has 1 amide bonds. The van der Waals surface area contributed by atoms with Gasteiger partial charge in [-0.05, 0) is 13.0 Å². The van der Waals surface area contributed by atoms with Crippen LogP contribution in [0.3, 0.4) is 0 Å². The molecule has 0 spiro atoms. The van der Waals surface area contributed by atoms with Crippen LogP contribution in [0.1, 0.15) is 32.5 Å². The zero-order valence-corrected chi connectivity index (χ0v) is 11.0. The van der Waals surface area contributed by atoms with E-state index in [1.807, 2.05) is 0 Å². The van der Waals surface area contributed by atoms with Gasteiger partial charge in [-0.1, -0.05) is 0 Å². The number of hydrogen-bond acceptors (Lipinski definition) is 5. The molecule has 20 heavy (non-hydrogen) atoms. The van der Waals surface area contributed by atoms with Crippen LogP contribution in [0.4, 0.5) is 0 Å². The Kier molecular flexibility index (Phi) is 3.79. The van der Waals surface area contributed by atoms with Crippen molar-refractivity contribution in [3.8, 4) is 0 Å². The Balaban J connectivity index is 2.03. The minimum atomic E-state index is -0.824. The molecule has 0 bridgehead atoms. The first-order chi connectivity index (χ1) is 9.52. The first-order valence-electron chi connectivity index (χ1n) is 5.87. The van der Waals surface area contributed by atoms with Crippen molar-refractivity contribution in [1.29, 1.82) is 0 Å². The van der Waals surface area contributed by atoms with Crippen molar-refractivity contribution in [2.75, 3.05) is 0 Å². The summed E-state index contributed by atoms with van der Waals surface area (Å²) >= 11 is 0. The molecule has 2 rings (SSSR count). The summed E-state index contributed by atoms with van der Waals surface area (Å²) in [4.78, 5) is 38.2. The Bertz CT molecular complexity index is 669. The maximum atomic E-state index is 11.8. The van der Waals surface area contributed by atoms with E-state index < -0.39 is 11.7 Å². The number of aldehydes is 1. The fraction of sp³-hybridized carbons (Fsp3) is 0.231. The molecule has 7 heteroatoms. The number of ketones is 1. The molecule has 7 nitrogen and oxygen atoms in total. The van der Waals surface area contributed by atoms with Crippen LogP contribution in [0.5, 0.6) is 0 Å². The van der Waals surface area contributed by atoms with Crippen molar-refractivity contribution < 1.29 is 18.8 Å². The van der Waals surface area contributed by atoms with Gasteiger partial charge in [0.05, 0.1) is 12.1 Å². The normalized spacial score (nSPS) is 10.3. The number of aryl methyl sites for hydroxylation is 2. The zero-order valence-electron chi connectivity index (χ0n) is 11.0. The van der Waals surface area contributed by atoms with Gasteiger partial charge in [0.25, 0.3) is 11.7 Å². The van der Waals surface area contributed by atoms with E-state index in [0.29, 0.717) is 17.9 Å². The highest BCUT2D eigenvalue weighted by molar-refractivity contribution is 6.42. The molecule has 0 aliphatic heterocycles. The first kappa shape index (κ1) is 13.7. The fourth-order valence-electron chi connectivity index (χ4n) is 1.64. The Morgan fingerprint density at radius 3 is 2.80 bits per heavy atom. The number of furan rings is 1. The van der Waals surface area contributed by atoms with Gasteiger partial charge in [0.2, 0.25) is 0 Å². The van der Waals surface area contributed by atoms with Gasteiger partial charge in [0.15, 0.2) is 12.0 Å². The average Bonchev–Trinajstić information content (AvgIpc) is 3.01. The number of carbonyl (C=O) groups is 3. The lowest BCUT2D eigenvalue weighted by molar-refractivity contribution is -0.117. The zero-order chi connectivity index (χ0) is 14.7. The van der Waals surface area contributed by atoms with E-state index in [2.05, 4.69) is 10.3 Å². The first-order valence-corrected chi connectivity index (χ1v) is 5.87. The molecule has 0 fully saturated rings. The van der Waals surface area contributed by atoms with E-state index in [-0.39, 0.29) is 17.9 Å². The van der Waals surface area contributed by atoms with Crippen LogP contribution in [0.25, 0.3) is 0 Å². The third-order valence-electron chi connectivity index (χ3n) is 2.84. The summed E-state index contributed by atoms with van der Waals surface area (Å²) in [6.07, 6.45) is 3.90. The van der Waals surface area contributed by atoms with E-state index in [9.17, 15) is 14.4 Å². The van der Waals surface area contributed by atoms with Crippen LogP contribution in [-0.2, 0) is 18.4 Å². The monoisotopic (exact) mass is 275 g/mol. The number of Topliss-reactive ketones (excluding diaryl/α,β-unsaturated/α-hetero) is 1. The Morgan fingerprint density at radius 1 is 1.50 bits per heavy atom. The quantitative estimate of drug-likeness (QED) is 0.490. The fourth-order valence-corrected chi connectivity index (χ4v) is 1.64. The van der Waals surface area contributed by atoms with Gasteiger partial charge in [-0.15, -0.1) is 0 Å². The molecule has 2 heterocycles. The summed E-state index contributed by atoms with van der Waals surface area (Å²) in [5, 5.41) is 2.45. The highest BCUT2D eigenvalue weighted by Gasteiger charge is 2.21. The number of carbonyl (C=O) groups excluding carboxylic acids is 3. The van der Waals surface area contributed by atoms with Gasteiger partial charge in [-0.25, -0.2) is 4.98 Å². The molecule has 0 atom stereocenters. The molecular weight excluding hydrogens is 262 g/mol. The second-order valence-corrected chi connectivity index (χ2v) is 4.21. The van der Waals surface area contributed by atoms with E-state index in [1.54, 1.807) is 30.9 Å². The molecule has 104 valence electrons. The summed E-state index contributed by atoms with van der Waals surface area (Å²) in [6, 6.07) is 1.25. The van der Waals surface area contributed by atoms with Gasteiger partial charge in [-0.3, -0.25) is 14.4 Å². The lowest BCUT2D eigenvalue weighted by Crippen LogP contribution is -2.31. The molecule has 0 aromatic carbocycles. The molecule has 0 unspecified atom stereocenters. The van der Waals surface area contributed by atoms with Crippen molar-refractivity contribution in [3.05, 3.63) is 41.4 Å². The topological polar surface area (TPSA) is 94.2 Å². The molecule has 0 saturated carbocycles. The van der Waals surface area contributed by atoms with Crippen LogP contribution >= 0.6 is 0 Å². The van der Waals surface area contributed by atoms with Crippen LogP contribution in [0, 0.1) is 6.92 Å². The molecule has 2 aromatic heterocycles. The number of rotatable bonds is 5. The summed E-state index contributed by atoms with van der Waals surface area (Å²) in [6.45, 7) is 1.68. The van der Waals surface area contributed by atoms with Crippen molar-refractivity contribution in [1.82, 2.24) is 14.9 Å². The van der Waals surface area contributed by atoms with Crippen molar-refractivity contribution in [3.63, 3.8) is 0 Å². The van der Waals surface area contributed by atoms with E-state index in [4.69, 9.17) is 4.42 Å². The van der Waals surface area contributed by atoms with Gasteiger partial charge in [-0.2, -0.15) is 0 Å². The van der Waals surface area contributed by atoms with Crippen LogP contribution in [0.2, 0.25) is 0 Å². The van der Waals surface area contributed by atoms with E-state index in [0.717, 1.165) is 0 Å². The number of nitrogens with zero attached hydrogens (tertiary/aromatic N) is 2. The number of aromatic nitrogens is 2. The molecule has 1 N–H and O–H groups in total. The SMILES string of the molecule is Cc1oc(C(=O)C(=O)NCc2nccn2C)cc1C=O. The summed E-state index contributed by atoms with van der Waals surface area (Å²) < 4.78 is 6.82. The second kappa shape index (κ2) is 5.52. The second-order valence-electron chi connectivity index (χ2n) is 4.21. The molecule has 0 aliphatic rings. The maximum absolute atomic E-state index is 11.8. The third kappa shape index (κ3) is 2.66. The molecule has 0 aliphatic carbocycles. The Labute approximate surface area is 114 Å². The molecule has 2 aromatic rings. The molecule has 0 saturated heterocycles. The summed E-state index contributed by atoms with van der Waals surface area (Å²) in [5.74, 6) is -0.854. The van der Waals surface area contributed by atoms with Crippen molar-refractivity contribution >= 4 is 18.0 Å². The predicted octanol–water partition coefficient (Wildman–Crippen LogP) is 0.633. The Hall–Kier alpha value is -2.70. The minimum Gasteiger partial charge on any atom is -0.457 e. The lowest BCUT2D eigenvalue weighted by Gasteiger charge is -2.03. The minimum absolute atomic E-state index is 0.133. The van der Waals surface area contributed by atoms with Gasteiger partial charge < -0.3 is 14.3 Å². The number of amides is 1. The number of imidazole rings is 1. The van der Waals surface area contributed by atoms with Crippen LogP contribution < -0.4 is 5.32 Å². The third-order valence-corrected chi connectivity index (χ3v) is 2.84. The van der Waals surface area contributed by atoms with E-state index >= 15 is 0 Å². The van der Waals surface area contributed by atoms with Crippen LogP contribution in [0.15, 0.2) is 22.9 Å². The van der Waals surface area contributed by atoms with Crippen molar-refractivity contribution in [2.24, 2.45) is 7.05 Å². The number of nitrogens with one attached hydrogen (secondary N) is 1. The van der Waals surface area contributed by atoms with Gasteiger partial charge in [0.1, 0.15) is 11.6 Å². The smallest absolute Gasteiger partial charge is 0.296 e. The van der Waals surface area contributed by atoms with Gasteiger partial charge in [0, 0.05) is 19.4 Å². The molecule has 0 radical (unpaired) electrons. The van der Waals surface area contributed by atoms with Crippen molar-refractivity contribution in [2.45, 2.75) is 13.5 Å². The summed E-state index contributed by atoms with van der Waals surface area (Å²) in [5.41, 5.74) is 0.255. The number of hydrogen-bond donors (Lipinski definition) is 1. The lowest BCUT2D eigenvalue weighted by atomic mass is 10.2. The Morgan fingerprint density at radius 2 is 2.25 bits per heavy atom. The van der Waals surface area contributed by atoms with Gasteiger partial charge >= 0.3 is 0 Å². The highest BCUT2D eigenvalue weighted by Crippen LogP contribution is 2.13. The summed E-state index contributed by atoms with van der Waals surface area (Å²) in [7, 11) is 1.78. The van der Waals surface area contributed by atoms with E-state index in [1.165, 1.54) is 6.07 Å². The van der Waals surface area contributed by atoms with Crippen LogP contribution in [-0.4, -0.2) is 27.5 Å². The maximum Gasteiger partial charge on any atom is 0.296 e.